The molecule has 2 nitrogen and oxygen atoms in total. The van der Waals surface area contributed by atoms with Crippen LogP contribution in [0.3, 0.4) is 0 Å². The number of ether oxygens (including phenoxy) is 1. The lowest BCUT2D eigenvalue weighted by atomic mass is 9.94. The first-order chi connectivity index (χ1) is 5.25. The van der Waals surface area contributed by atoms with Crippen molar-refractivity contribution in [1.82, 2.24) is 0 Å². The van der Waals surface area contributed by atoms with Gasteiger partial charge in [-0.3, -0.25) is 4.79 Å². The molecule has 1 heterocycles. The molecule has 0 aromatic carbocycles. The molecule has 0 aliphatic carbocycles. The molecule has 11 heavy (non-hydrogen) atoms. The molecular formula is C9H14O2. The summed E-state index contributed by atoms with van der Waals surface area (Å²) >= 11 is 0. The molecule has 1 fully saturated rings. The van der Waals surface area contributed by atoms with Crippen molar-refractivity contribution in [1.29, 1.82) is 0 Å². The van der Waals surface area contributed by atoms with Gasteiger partial charge in [0.2, 0.25) is 0 Å². The van der Waals surface area contributed by atoms with E-state index in [1.807, 2.05) is 13.0 Å². The number of rotatable bonds is 4. The number of cyclic esters (lactones) is 1. The van der Waals surface area contributed by atoms with Crippen molar-refractivity contribution in [3.05, 3.63) is 12.7 Å². The number of carbonyl (C=O) groups is 1. The molecule has 0 saturated carbocycles. The molecule has 2 atom stereocenters. The van der Waals surface area contributed by atoms with E-state index in [1.54, 1.807) is 0 Å². The fourth-order valence-corrected chi connectivity index (χ4v) is 1.21. The van der Waals surface area contributed by atoms with Crippen LogP contribution in [-0.2, 0) is 9.53 Å². The molecule has 0 amide bonds. The number of allylic oxidation sites excluding steroid dienone is 1. The van der Waals surface area contributed by atoms with Crippen LogP contribution in [0.5, 0.6) is 0 Å². The largest absolute Gasteiger partial charge is 0.461 e. The quantitative estimate of drug-likeness (QED) is 0.351. The van der Waals surface area contributed by atoms with E-state index in [0.29, 0.717) is 0 Å². The van der Waals surface area contributed by atoms with E-state index in [4.69, 9.17) is 4.74 Å². The fourth-order valence-electron chi connectivity index (χ4n) is 1.21. The van der Waals surface area contributed by atoms with Gasteiger partial charge < -0.3 is 4.74 Å². The third-order valence-corrected chi connectivity index (χ3v) is 2.09. The van der Waals surface area contributed by atoms with Crippen LogP contribution in [-0.4, -0.2) is 12.1 Å². The Morgan fingerprint density at radius 3 is 2.91 bits per heavy atom. The van der Waals surface area contributed by atoms with E-state index in [9.17, 15) is 4.79 Å². The van der Waals surface area contributed by atoms with Gasteiger partial charge in [-0.2, -0.15) is 0 Å². The zero-order valence-corrected chi connectivity index (χ0v) is 6.88. The van der Waals surface area contributed by atoms with E-state index in [-0.39, 0.29) is 18.0 Å². The summed E-state index contributed by atoms with van der Waals surface area (Å²) in [5.41, 5.74) is 0. The highest BCUT2D eigenvalue weighted by Gasteiger charge is 2.37. The van der Waals surface area contributed by atoms with Crippen molar-refractivity contribution in [2.24, 2.45) is 5.92 Å². The first kappa shape index (κ1) is 8.31. The molecule has 0 bridgehead atoms. The molecule has 62 valence electrons. The van der Waals surface area contributed by atoms with Crippen molar-refractivity contribution in [2.75, 3.05) is 0 Å². The average Bonchev–Trinajstić information content (AvgIpc) is 2.03. The number of esters is 1. The van der Waals surface area contributed by atoms with Crippen LogP contribution in [0.1, 0.15) is 26.2 Å². The van der Waals surface area contributed by atoms with Crippen LogP contribution in [0.25, 0.3) is 0 Å². The van der Waals surface area contributed by atoms with Gasteiger partial charge in [0.1, 0.15) is 6.10 Å². The van der Waals surface area contributed by atoms with Gasteiger partial charge in [0.05, 0.1) is 5.92 Å². The monoisotopic (exact) mass is 154 g/mol. The Morgan fingerprint density at radius 2 is 2.45 bits per heavy atom. The summed E-state index contributed by atoms with van der Waals surface area (Å²) in [6.07, 6.45) is 5.15. The summed E-state index contributed by atoms with van der Waals surface area (Å²) in [5, 5.41) is 0. The summed E-state index contributed by atoms with van der Waals surface area (Å²) in [5.74, 6) is 0.0772. The Bertz CT molecular complexity index is 163. The maximum atomic E-state index is 10.6. The van der Waals surface area contributed by atoms with Gasteiger partial charge in [-0.25, -0.2) is 0 Å². The Hall–Kier alpha value is -0.790. The van der Waals surface area contributed by atoms with Gasteiger partial charge in [-0.1, -0.05) is 6.08 Å². The average molecular weight is 154 g/mol. The standard InChI is InChI=1S/C9H14O2/c1-3-4-5-6-8-7(2)9(10)11-8/h3,7-8H,1,4-6H2,2H3/t7-,8-/m1/s1. The van der Waals surface area contributed by atoms with Gasteiger partial charge in [0.25, 0.3) is 0 Å². The molecule has 0 spiro atoms. The topological polar surface area (TPSA) is 26.3 Å². The maximum Gasteiger partial charge on any atom is 0.312 e. The van der Waals surface area contributed by atoms with Gasteiger partial charge >= 0.3 is 5.97 Å². The minimum absolute atomic E-state index is 0.0476. The summed E-state index contributed by atoms with van der Waals surface area (Å²) in [4.78, 5) is 10.6. The molecule has 0 radical (unpaired) electrons. The highest BCUT2D eigenvalue weighted by Crippen LogP contribution is 2.25. The summed E-state index contributed by atoms with van der Waals surface area (Å²) < 4.78 is 4.92. The summed E-state index contributed by atoms with van der Waals surface area (Å²) in [7, 11) is 0. The van der Waals surface area contributed by atoms with E-state index in [1.165, 1.54) is 0 Å². The van der Waals surface area contributed by atoms with E-state index in [2.05, 4.69) is 6.58 Å². The first-order valence-electron chi connectivity index (χ1n) is 4.07. The summed E-state index contributed by atoms with van der Waals surface area (Å²) in [6, 6.07) is 0. The van der Waals surface area contributed by atoms with Crippen molar-refractivity contribution in [3.63, 3.8) is 0 Å². The zero-order valence-electron chi connectivity index (χ0n) is 6.88. The Balaban J connectivity index is 2.10. The van der Waals surface area contributed by atoms with Crippen LogP contribution >= 0.6 is 0 Å². The minimum atomic E-state index is -0.0476. The van der Waals surface area contributed by atoms with Crippen LogP contribution < -0.4 is 0 Å². The molecule has 2 heteroatoms. The van der Waals surface area contributed by atoms with E-state index >= 15 is 0 Å². The van der Waals surface area contributed by atoms with E-state index in [0.717, 1.165) is 19.3 Å². The third kappa shape index (κ3) is 1.82. The predicted molar refractivity (Wildman–Crippen MR) is 43.1 cm³/mol. The molecule has 0 unspecified atom stereocenters. The second-order valence-corrected chi connectivity index (χ2v) is 2.98. The van der Waals surface area contributed by atoms with Gasteiger partial charge in [0.15, 0.2) is 0 Å². The number of carbonyl (C=O) groups excluding carboxylic acids is 1. The minimum Gasteiger partial charge on any atom is -0.461 e. The van der Waals surface area contributed by atoms with Crippen LogP contribution in [0.4, 0.5) is 0 Å². The molecule has 1 aliphatic heterocycles. The lowest BCUT2D eigenvalue weighted by Crippen LogP contribution is -2.42. The maximum absolute atomic E-state index is 10.6. The number of hydrogen-bond donors (Lipinski definition) is 0. The van der Waals surface area contributed by atoms with Crippen LogP contribution in [0.2, 0.25) is 0 Å². The first-order valence-corrected chi connectivity index (χ1v) is 4.07. The molecule has 1 saturated heterocycles. The zero-order chi connectivity index (χ0) is 8.27. The second kappa shape index (κ2) is 3.56. The van der Waals surface area contributed by atoms with Crippen molar-refractivity contribution in [3.8, 4) is 0 Å². The molecular weight excluding hydrogens is 140 g/mol. The highest BCUT2D eigenvalue weighted by atomic mass is 16.6. The van der Waals surface area contributed by atoms with Gasteiger partial charge in [-0.05, 0) is 26.2 Å². The molecule has 0 aromatic rings. The molecule has 1 aliphatic rings. The van der Waals surface area contributed by atoms with E-state index < -0.39 is 0 Å². The number of unbranched alkanes of at least 4 members (excludes halogenated alkanes) is 1. The predicted octanol–water partition coefficient (Wildman–Crippen LogP) is 1.90. The molecule has 0 aromatic heterocycles. The summed E-state index contributed by atoms with van der Waals surface area (Å²) in [6.45, 7) is 5.55. The smallest absolute Gasteiger partial charge is 0.312 e. The highest BCUT2D eigenvalue weighted by molar-refractivity contribution is 5.77. The lowest BCUT2D eigenvalue weighted by molar-refractivity contribution is -0.183. The van der Waals surface area contributed by atoms with Crippen molar-refractivity contribution >= 4 is 5.97 Å². The third-order valence-electron chi connectivity index (χ3n) is 2.09. The SMILES string of the molecule is C=CCCC[C@H]1OC(=O)[C@@H]1C. The van der Waals surface area contributed by atoms with Gasteiger partial charge in [0, 0.05) is 0 Å². The fraction of sp³-hybridized carbons (Fsp3) is 0.667. The Labute approximate surface area is 67.2 Å². The van der Waals surface area contributed by atoms with Crippen LogP contribution in [0.15, 0.2) is 12.7 Å². The number of hydrogen-bond acceptors (Lipinski definition) is 2. The molecule has 1 rings (SSSR count). The van der Waals surface area contributed by atoms with Crippen molar-refractivity contribution < 1.29 is 9.53 Å². The molecule has 0 N–H and O–H groups in total. The van der Waals surface area contributed by atoms with Crippen LogP contribution in [0, 0.1) is 5.92 Å². The Morgan fingerprint density at radius 1 is 1.73 bits per heavy atom. The van der Waals surface area contributed by atoms with Gasteiger partial charge in [-0.15, -0.1) is 6.58 Å². The second-order valence-electron chi connectivity index (χ2n) is 2.98. The normalized spacial score (nSPS) is 29.0. The van der Waals surface area contributed by atoms with Crippen molar-refractivity contribution in [2.45, 2.75) is 32.3 Å². The Kier molecular flexibility index (Phi) is 2.69. The lowest BCUT2D eigenvalue weighted by Gasteiger charge is -2.32.